The first kappa shape index (κ1) is 11.2. The molecule has 0 unspecified atom stereocenters. The number of hydrogen-bond acceptors (Lipinski definition) is 3. The van der Waals surface area contributed by atoms with E-state index in [4.69, 9.17) is 27.9 Å². The second-order valence-electron chi connectivity index (χ2n) is 3.09. The quantitative estimate of drug-likeness (QED) is 0.789. The summed E-state index contributed by atoms with van der Waals surface area (Å²) in [5.41, 5.74) is 1.01. The van der Waals surface area contributed by atoms with Gasteiger partial charge in [-0.15, -0.1) is 0 Å². The molecule has 0 N–H and O–H groups in total. The molecule has 5 heteroatoms. The Kier molecular flexibility index (Phi) is 3.59. The maximum Gasteiger partial charge on any atom is 0.218 e. The van der Waals surface area contributed by atoms with E-state index in [1.807, 2.05) is 24.3 Å². The van der Waals surface area contributed by atoms with Crippen molar-refractivity contribution in [2.45, 2.75) is 6.61 Å². The third-order valence-corrected chi connectivity index (χ3v) is 2.37. The fourth-order valence-corrected chi connectivity index (χ4v) is 1.40. The molecule has 0 aliphatic rings. The molecule has 16 heavy (non-hydrogen) atoms. The Hall–Kier alpha value is -1.32. The topological polar surface area (TPSA) is 35.0 Å². The van der Waals surface area contributed by atoms with Gasteiger partial charge in [-0.2, -0.15) is 0 Å². The summed E-state index contributed by atoms with van der Waals surface area (Å²) in [4.78, 5) is 7.69. The first-order chi connectivity index (χ1) is 7.74. The van der Waals surface area contributed by atoms with Crippen LogP contribution in [0.3, 0.4) is 0 Å². The minimum Gasteiger partial charge on any atom is -0.473 e. The summed E-state index contributed by atoms with van der Waals surface area (Å²) in [6.45, 7) is 0.421. The Balaban J connectivity index is 1.99. The highest BCUT2D eigenvalue weighted by Gasteiger charge is 1.98. The van der Waals surface area contributed by atoms with Crippen molar-refractivity contribution in [2.24, 2.45) is 0 Å². The van der Waals surface area contributed by atoms with Gasteiger partial charge in [0, 0.05) is 11.1 Å². The molecule has 0 saturated carbocycles. The molecule has 0 atom stereocenters. The average Bonchev–Trinajstić information content (AvgIpc) is 2.28. The molecule has 2 rings (SSSR count). The first-order valence-corrected chi connectivity index (χ1v) is 5.34. The van der Waals surface area contributed by atoms with Crippen molar-refractivity contribution in [2.75, 3.05) is 0 Å². The van der Waals surface area contributed by atoms with E-state index in [9.17, 15) is 0 Å². The molecule has 82 valence electrons. The van der Waals surface area contributed by atoms with Crippen molar-refractivity contribution in [1.29, 1.82) is 0 Å². The second kappa shape index (κ2) is 5.14. The number of halogens is 2. The Morgan fingerprint density at radius 1 is 1.06 bits per heavy atom. The highest BCUT2D eigenvalue weighted by molar-refractivity contribution is 6.30. The van der Waals surface area contributed by atoms with E-state index in [-0.39, 0.29) is 0 Å². The lowest BCUT2D eigenvalue weighted by atomic mass is 10.2. The molecular weight excluding hydrogens is 247 g/mol. The molecule has 2 aromatic rings. The Morgan fingerprint density at radius 3 is 2.50 bits per heavy atom. The maximum atomic E-state index is 5.77. The van der Waals surface area contributed by atoms with Crippen molar-refractivity contribution in [3.63, 3.8) is 0 Å². The second-order valence-corrected chi connectivity index (χ2v) is 3.92. The minimum atomic E-state index is 0.362. The van der Waals surface area contributed by atoms with E-state index in [1.54, 1.807) is 6.07 Å². The normalized spacial score (nSPS) is 10.1. The Morgan fingerprint density at radius 2 is 1.81 bits per heavy atom. The van der Waals surface area contributed by atoms with Gasteiger partial charge in [0.05, 0.1) is 0 Å². The van der Waals surface area contributed by atoms with E-state index in [2.05, 4.69) is 9.97 Å². The summed E-state index contributed by atoms with van der Waals surface area (Å²) in [7, 11) is 0. The van der Waals surface area contributed by atoms with Gasteiger partial charge in [0.25, 0.3) is 0 Å². The van der Waals surface area contributed by atoms with E-state index in [1.165, 1.54) is 6.33 Å². The third kappa shape index (κ3) is 3.08. The zero-order valence-electron chi connectivity index (χ0n) is 8.23. The molecule has 0 radical (unpaired) electrons. The van der Waals surface area contributed by atoms with Crippen LogP contribution >= 0.6 is 23.2 Å². The van der Waals surface area contributed by atoms with Crippen LogP contribution in [0.25, 0.3) is 0 Å². The molecule has 0 aliphatic heterocycles. The average molecular weight is 255 g/mol. The minimum absolute atomic E-state index is 0.362. The first-order valence-electron chi connectivity index (χ1n) is 4.59. The summed E-state index contributed by atoms with van der Waals surface area (Å²) in [5, 5.41) is 1.06. The number of aromatic nitrogens is 2. The summed E-state index contributed by atoms with van der Waals surface area (Å²) in [6.07, 6.45) is 1.36. The van der Waals surface area contributed by atoms with Gasteiger partial charge >= 0.3 is 0 Å². The molecule has 0 aliphatic carbocycles. The molecule has 0 fully saturated rings. The van der Waals surface area contributed by atoms with Crippen molar-refractivity contribution in [3.8, 4) is 5.88 Å². The van der Waals surface area contributed by atoms with Crippen LogP contribution in [0.5, 0.6) is 5.88 Å². The van der Waals surface area contributed by atoms with Gasteiger partial charge < -0.3 is 4.74 Å². The fraction of sp³-hybridized carbons (Fsp3) is 0.0909. The van der Waals surface area contributed by atoms with Gasteiger partial charge in [-0.25, -0.2) is 9.97 Å². The van der Waals surface area contributed by atoms with Crippen LogP contribution in [-0.4, -0.2) is 9.97 Å². The van der Waals surface area contributed by atoms with Crippen LogP contribution in [0.1, 0.15) is 5.56 Å². The maximum absolute atomic E-state index is 5.77. The van der Waals surface area contributed by atoms with Crippen LogP contribution in [0.15, 0.2) is 36.7 Å². The van der Waals surface area contributed by atoms with Crippen LogP contribution in [0.4, 0.5) is 0 Å². The highest BCUT2D eigenvalue weighted by atomic mass is 35.5. The summed E-state index contributed by atoms with van der Waals surface area (Å²) in [6, 6.07) is 8.98. The number of rotatable bonds is 3. The fourth-order valence-electron chi connectivity index (χ4n) is 1.13. The number of hydrogen-bond donors (Lipinski definition) is 0. The van der Waals surface area contributed by atoms with Gasteiger partial charge in [0.15, 0.2) is 0 Å². The summed E-state index contributed by atoms with van der Waals surface area (Å²) < 4.78 is 5.43. The van der Waals surface area contributed by atoms with Crippen LogP contribution in [0.2, 0.25) is 10.2 Å². The Labute approximate surface area is 103 Å². The smallest absolute Gasteiger partial charge is 0.218 e. The van der Waals surface area contributed by atoms with E-state index in [0.29, 0.717) is 22.7 Å². The predicted molar refractivity (Wildman–Crippen MR) is 62.8 cm³/mol. The number of nitrogens with zero attached hydrogens (tertiary/aromatic N) is 2. The highest BCUT2D eigenvalue weighted by Crippen LogP contribution is 2.14. The molecular formula is C11H8Cl2N2O. The lowest BCUT2D eigenvalue weighted by molar-refractivity contribution is 0.293. The van der Waals surface area contributed by atoms with Crippen molar-refractivity contribution in [1.82, 2.24) is 9.97 Å². The lowest BCUT2D eigenvalue weighted by Gasteiger charge is -2.04. The lowest BCUT2D eigenvalue weighted by Crippen LogP contribution is -1.97. The molecule has 0 bridgehead atoms. The SMILES string of the molecule is Clc1ccc(COc2cc(Cl)ncn2)cc1. The summed E-state index contributed by atoms with van der Waals surface area (Å²) in [5.74, 6) is 0.454. The molecule has 0 spiro atoms. The van der Waals surface area contributed by atoms with Crippen LogP contribution in [-0.2, 0) is 6.61 Å². The zero-order chi connectivity index (χ0) is 11.4. The molecule has 0 amide bonds. The van der Waals surface area contributed by atoms with Crippen molar-refractivity contribution >= 4 is 23.2 Å². The third-order valence-electron chi connectivity index (χ3n) is 1.91. The van der Waals surface area contributed by atoms with Gasteiger partial charge in [0.1, 0.15) is 18.1 Å². The van der Waals surface area contributed by atoms with Crippen molar-refractivity contribution < 1.29 is 4.74 Å². The van der Waals surface area contributed by atoms with Gasteiger partial charge in [0.2, 0.25) is 5.88 Å². The van der Waals surface area contributed by atoms with E-state index >= 15 is 0 Å². The molecule has 0 saturated heterocycles. The molecule has 1 aromatic carbocycles. The van der Waals surface area contributed by atoms with E-state index in [0.717, 1.165) is 5.56 Å². The largest absolute Gasteiger partial charge is 0.473 e. The molecule has 1 aromatic heterocycles. The number of ether oxygens (including phenoxy) is 1. The summed E-state index contributed by atoms with van der Waals surface area (Å²) >= 11 is 11.5. The standard InChI is InChI=1S/C11H8Cl2N2O/c12-9-3-1-8(2-4-9)6-16-11-5-10(13)14-7-15-11/h1-5,7H,6H2. The van der Waals surface area contributed by atoms with Crippen LogP contribution < -0.4 is 4.74 Å². The zero-order valence-corrected chi connectivity index (χ0v) is 9.74. The molecule has 3 nitrogen and oxygen atoms in total. The van der Waals surface area contributed by atoms with E-state index < -0.39 is 0 Å². The van der Waals surface area contributed by atoms with Gasteiger partial charge in [-0.1, -0.05) is 35.3 Å². The molecule has 1 heterocycles. The predicted octanol–water partition coefficient (Wildman–Crippen LogP) is 3.36. The van der Waals surface area contributed by atoms with Crippen LogP contribution in [0, 0.1) is 0 Å². The number of benzene rings is 1. The monoisotopic (exact) mass is 254 g/mol. The van der Waals surface area contributed by atoms with Gasteiger partial charge in [-0.05, 0) is 17.7 Å². The van der Waals surface area contributed by atoms with Crippen molar-refractivity contribution in [3.05, 3.63) is 52.4 Å². The van der Waals surface area contributed by atoms with Gasteiger partial charge in [-0.3, -0.25) is 0 Å². The Bertz CT molecular complexity index is 474.